The molecule has 3 aromatic rings. The van der Waals surface area contributed by atoms with Crippen LogP contribution in [0.5, 0.6) is 5.75 Å². The number of nitrogens with one attached hydrogen (secondary N) is 2. The molecule has 0 spiro atoms. The van der Waals surface area contributed by atoms with E-state index in [1.807, 2.05) is 48.7 Å². The quantitative estimate of drug-likeness (QED) is 0.620. The zero-order chi connectivity index (χ0) is 17.8. The number of amides is 1. The van der Waals surface area contributed by atoms with Gasteiger partial charge in [-0.25, -0.2) is 0 Å². The van der Waals surface area contributed by atoms with E-state index in [9.17, 15) is 4.79 Å². The van der Waals surface area contributed by atoms with E-state index in [-0.39, 0.29) is 24.2 Å². The second-order valence-corrected chi connectivity index (χ2v) is 6.15. The smallest absolute Gasteiger partial charge is 0.236 e. The SMILES string of the molecule is COc1ccc(C(CNC(=O)[C@@H](C)N)c2c[nH]c3ccccc23)cc1.Cl. The van der Waals surface area contributed by atoms with Gasteiger partial charge in [0.2, 0.25) is 5.91 Å². The van der Waals surface area contributed by atoms with Crippen LogP contribution in [0.1, 0.15) is 24.0 Å². The van der Waals surface area contributed by atoms with Gasteiger partial charge >= 0.3 is 0 Å². The van der Waals surface area contributed by atoms with E-state index in [0.29, 0.717) is 6.54 Å². The Balaban J connectivity index is 0.00000243. The van der Waals surface area contributed by atoms with Crippen molar-refractivity contribution in [3.8, 4) is 5.75 Å². The van der Waals surface area contributed by atoms with Crippen molar-refractivity contribution in [3.63, 3.8) is 0 Å². The number of para-hydroxylation sites is 1. The van der Waals surface area contributed by atoms with Gasteiger partial charge in [0.1, 0.15) is 5.75 Å². The first-order chi connectivity index (χ1) is 12.1. The number of carbonyl (C=O) groups is 1. The lowest BCUT2D eigenvalue weighted by atomic mass is 9.90. The van der Waals surface area contributed by atoms with E-state index in [4.69, 9.17) is 10.5 Å². The number of benzene rings is 2. The van der Waals surface area contributed by atoms with Crippen molar-refractivity contribution in [1.82, 2.24) is 10.3 Å². The minimum atomic E-state index is -0.528. The van der Waals surface area contributed by atoms with Crippen LogP contribution >= 0.6 is 12.4 Å². The van der Waals surface area contributed by atoms with Crippen molar-refractivity contribution in [2.45, 2.75) is 18.9 Å². The van der Waals surface area contributed by atoms with Gasteiger partial charge in [0.25, 0.3) is 0 Å². The predicted molar refractivity (Wildman–Crippen MR) is 107 cm³/mol. The molecule has 0 saturated carbocycles. The molecule has 4 N–H and O–H groups in total. The minimum Gasteiger partial charge on any atom is -0.497 e. The minimum absolute atomic E-state index is 0. The first-order valence-electron chi connectivity index (χ1n) is 8.33. The molecule has 0 fully saturated rings. The molecule has 2 atom stereocenters. The van der Waals surface area contributed by atoms with Gasteiger partial charge < -0.3 is 20.8 Å². The van der Waals surface area contributed by atoms with Gasteiger partial charge in [-0.3, -0.25) is 4.79 Å². The zero-order valence-corrected chi connectivity index (χ0v) is 15.7. The molecule has 0 aliphatic rings. The second-order valence-electron chi connectivity index (χ2n) is 6.15. The van der Waals surface area contributed by atoms with Crippen LogP contribution < -0.4 is 15.8 Å². The number of methoxy groups -OCH3 is 1. The fraction of sp³-hybridized carbons (Fsp3) is 0.250. The monoisotopic (exact) mass is 373 g/mol. The molecule has 3 rings (SSSR count). The normalized spacial score (nSPS) is 12.9. The van der Waals surface area contributed by atoms with Crippen LogP contribution in [-0.4, -0.2) is 30.6 Å². The summed E-state index contributed by atoms with van der Waals surface area (Å²) in [6.07, 6.45) is 2.01. The fourth-order valence-corrected chi connectivity index (χ4v) is 2.99. The molecule has 5 nitrogen and oxygen atoms in total. The lowest BCUT2D eigenvalue weighted by molar-refractivity contribution is -0.122. The number of carbonyl (C=O) groups excluding carboxylic acids is 1. The van der Waals surface area contributed by atoms with Crippen molar-refractivity contribution in [2.24, 2.45) is 5.73 Å². The van der Waals surface area contributed by atoms with E-state index >= 15 is 0 Å². The molecule has 1 heterocycles. The summed E-state index contributed by atoms with van der Waals surface area (Å²) in [5, 5.41) is 4.10. The number of H-pyrrole nitrogens is 1. The average Bonchev–Trinajstić information content (AvgIpc) is 3.06. The average molecular weight is 374 g/mol. The molecule has 2 aromatic carbocycles. The molecule has 0 aliphatic carbocycles. The molecule has 1 aromatic heterocycles. The topological polar surface area (TPSA) is 80.1 Å². The number of hydrogen-bond acceptors (Lipinski definition) is 3. The lowest BCUT2D eigenvalue weighted by Crippen LogP contribution is -2.40. The predicted octanol–water partition coefficient (Wildman–Crippen LogP) is 3.19. The highest BCUT2D eigenvalue weighted by molar-refractivity contribution is 5.85. The molecular weight excluding hydrogens is 350 g/mol. The summed E-state index contributed by atoms with van der Waals surface area (Å²) in [6.45, 7) is 2.16. The summed E-state index contributed by atoms with van der Waals surface area (Å²) in [7, 11) is 1.65. The largest absolute Gasteiger partial charge is 0.497 e. The number of aromatic amines is 1. The number of rotatable bonds is 6. The summed E-state index contributed by atoms with van der Waals surface area (Å²) in [5.74, 6) is 0.671. The number of fused-ring (bicyclic) bond motifs is 1. The van der Waals surface area contributed by atoms with Crippen LogP contribution in [0.2, 0.25) is 0 Å². The number of halogens is 1. The Morgan fingerprint density at radius 1 is 1.19 bits per heavy atom. The van der Waals surface area contributed by atoms with Crippen molar-refractivity contribution in [1.29, 1.82) is 0 Å². The summed E-state index contributed by atoms with van der Waals surface area (Å²) in [6, 6.07) is 15.6. The Morgan fingerprint density at radius 2 is 1.88 bits per heavy atom. The van der Waals surface area contributed by atoms with Crippen molar-refractivity contribution < 1.29 is 9.53 Å². The third-order valence-electron chi connectivity index (χ3n) is 4.41. The lowest BCUT2D eigenvalue weighted by Gasteiger charge is -2.19. The standard InChI is InChI=1S/C20H23N3O2.ClH/c1-13(21)20(24)23-11-17(14-7-9-15(25-2)10-8-14)18-12-22-19-6-4-3-5-16(18)19;/h3-10,12-13,17,22H,11,21H2,1-2H3,(H,23,24);1H/t13-,17?;/m1./s1. The van der Waals surface area contributed by atoms with Crippen molar-refractivity contribution in [2.75, 3.05) is 13.7 Å². The summed E-state index contributed by atoms with van der Waals surface area (Å²) in [5.41, 5.74) is 9.00. The molecule has 0 aliphatic heterocycles. The van der Waals surface area contributed by atoms with Crippen molar-refractivity contribution >= 4 is 29.2 Å². The molecule has 0 bridgehead atoms. The Hall–Kier alpha value is -2.50. The highest BCUT2D eigenvalue weighted by Gasteiger charge is 2.20. The summed E-state index contributed by atoms with van der Waals surface area (Å²) < 4.78 is 5.25. The maximum Gasteiger partial charge on any atom is 0.236 e. The molecular formula is C20H24ClN3O2. The third-order valence-corrected chi connectivity index (χ3v) is 4.41. The van der Waals surface area contributed by atoms with Gasteiger partial charge in [-0.2, -0.15) is 0 Å². The van der Waals surface area contributed by atoms with Gasteiger partial charge in [0.05, 0.1) is 13.2 Å². The Bertz CT molecular complexity index is 859. The summed E-state index contributed by atoms with van der Waals surface area (Å²) >= 11 is 0. The van der Waals surface area contributed by atoms with Crippen LogP contribution in [0.3, 0.4) is 0 Å². The van der Waals surface area contributed by atoms with Crippen LogP contribution in [0.25, 0.3) is 10.9 Å². The molecule has 1 unspecified atom stereocenters. The molecule has 26 heavy (non-hydrogen) atoms. The third kappa shape index (κ3) is 4.18. The van der Waals surface area contributed by atoms with Crippen LogP contribution in [0.4, 0.5) is 0 Å². The van der Waals surface area contributed by atoms with Crippen LogP contribution in [-0.2, 0) is 4.79 Å². The molecule has 0 saturated heterocycles. The Morgan fingerprint density at radius 3 is 2.54 bits per heavy atom. The van der Waals surface area contributed by atoms with Gasteiger partial charge in [0, 0.05) is 29.6 Å². The van der Waals surface area contributed by atoms with E-state index < -0.39 is 6.04 Å². The molecule has 0 radical (unpaired) electrons. The summed E-state index contributed by atoms with van der Waals surface area (Å²) in [4.78, 5) is 15.3. The number of hydrogen-bond donors (Lipinski definition) is 3. The first-order valence-corrected chi connectivity index (χ1v) is 8.33. The highest BCUT2D eigenvalue weighted by atomic mass is 35.5. The molecule has 6 heteroatoms. The van der Waals surface area contributed by atoms with E-state index in [1.54, 1.807) is 14.0 Å². The number of ether oxygens (including phenoxy) is 1. The van der Waals surface area contributed by atoms with Gasteiger partial charge in [0.15, 0.2) is 0 Å². The number of nitrogens with two attached hydrogens (primary N) is 1. The molecule has 1 amide bonds. The Labute approximate surface area is 159 Å². The molecule has 138 valence electrons. The maximum atomic E-state index is 11.9. The van der Waals surface area contributed by atoms with E-state index in [0.717, 1.165) is 27.8 Å². The first kappa shape index (κ1) is 19.8. The van der Waals surface area contributed by atoms with Gasteiger partial charge in [-0.05, 0) is 36.2 Å². The van der Waals surface area contributed by atoms with E-state index in [2.05, 4.69) is 16.4 Å². The van der Waals surface area contributed by atoms with Gasteiger partial charge in [-0.15, -0.1) is 12.4 Å². The maximum absolute atomic E-state index is 11.9. The Kier molecular flexibility index (Phi) is 6.66. The van der Waals surface area contributed by atoms with E-state index in [1.165, 1.54) is 0 Å². The highest BCUT2D eigenvalue weighted by Crippen LogP contribution is 2.31. The number of aromatic nitrogens is 1. The van der Waals surface area contributed by atoms with Crippen LogP contribution in [0, 0.1) is 0 Å². The van der Waals surface area contributed by atoms with Crippen LogP contribution in [0.15, 0.2) is 54.7 Å². The van der Waals surface area contributed by atoms with Crippen molar-refractivity contribution in [3.05, 3.63) is 65.9 Å². The second kappa shape index (κ2) is 8.74. The van der Waals surface area contributed by atoms with Gasteiger partial charge in [-0.1, -0.05) is 30.3 Å². The zero-order valence-electron chi connectivity index (χ0n) is 14.9. The fourth-order valence-electron chi connectivity index (χ4n) is 2.99.